The van der Waals surface area contributed by atoms with Gasteiger partial charge < -0.3 is 4.57 Å². The van der Waals surface area contributed by atoms with Gasteiger partial charge in [-0.1, -0.05) is 0 Å². The first-order chi connectivity index (χ1) is 13.8. The highest BCUT2D eigenvalue weighted by molar-refractivity contribution is 5.56. The third-order valence-electron chi connectivity index (χ3n) is 5.76. The smallest absolute Gasteiger partial charge is 0.266 e. The molecule has 2 fully saturated rings. The molecule has 2 aliphatic rings. The minimum absolute atomic E-state index is 0.0517. The number of rotatable bonds is 6. The Morgan fingerprint density at radius 3 is 2.71 bits per heavy atom. The van der Waals surface area contributed by atoms with E-state index in [1.165, 1.54) is 12.8 Å². The average Bonchev–Trinajstić information content (AvgIpc) is 3.31. The molecule has 0 spiro atoms. The molecule has 1 saturated carbocycles. The SMILES string of the molecule is O=c1ccc(-c2ccncc2)nn1CC1CCCN1Cc1nccn1C1CC1. The maximum absolute atomic E-state index is 12.4. The van der Waals surface area contributed by atoms with Crippen LogP contribution in [0.25, 0.3) is 11.3 Å². The van der Waals surface area contributed by atoms with Gasteiger partial charge in [0.1, 0.15) is 5.82 Å². The van der Waals surface area contributed by atoms with Crippen LogP contribution in [0, 0.1) is 0 Å². The van der Waals surface area contributed by atoms with Gasteiger partial charge in [0.05, 0.1) is 18.8 Å². The summed E-state index contributed by atoms with van der Waals surface area (Å²) in [7, 11) is 0. The summed E-state index contributed by atoms with van der Waals surface area (Å²) < 4.78 is 3.94. The molecule has 28 heavy (non-hydrogen) atoms. The zero-order valence-electron chi connectivity index (χ0n) is 15.8. The van der Waals surface area contributed by atoms with Gasteiger partial charge in [0.2, 0.25) is 0 Å². The van der Waals surface area contributed by atoms with E-state index in [1.807, 2.05) is 18.3 Å². The highest BCUT2D eigenvalue weighted by Gasteiger charge is 2.30. The largest absolute Gasteiger partial charge is 0.331 e. The first-order valence-electron chi connectivity index (χ1n) is 10.0. The van der Waals surface area contributed by atoms with E-state index < -0.39 is 0 Å². The number of aromatic nitrogens is 5. The number of imidazole rings is 1. The lowest BCUT2D eigenvalue weighted by molar-refractivity contribution is 0.209. The van der Waals surface area contributed by atoms with Gasteiger partial charge in [-0.2, -0.15) is 5.10 Å². The number of pyridine rings is 1. The van der Waals surface area contributed by atoms with Crippen molar-refractivity contribution in [1.82, 2.24) is 29.2 Å². The fourth-order valence-electron chi connectivity index (χ4n) is 4.10. The Bertz CT molecular complexity index is 1010. The Morgan fingerprint density at radius 2 is 1.89 bits per heavy atom. The molecule has 4 heterocycles. The van der Waals surface area contributed by atoms with Gasteiger partial charge in [-0.25, -0.2) is 9.67 Å². The van der Waals surface area contributed by atoms with E-state index in [9.17, 15) is 4.79 Å². The van der Waals surface area contributed by atoms with Crippen molar-refractivity contribution in [3.05, 3.63) is 65.2 Å². The van der Waals surface area contributed by atoms with Crippen molar-refractivity contribution < 1.29 is 0 Å². The van der Waals surface area contributed by atoms with Crippen LogP contribution in [0.4, 0.5) is 0 Å². The van der Waals surface area contributed by atoms with Gasteiger partial charge in [0, 0.05) is 48.5 Å². The second-order valence-corrected chi connectivity index (χ2v) is 7.72. The van der Waals surface area contributed by atoms with Crippen LogP contribution in [0.15, 0.2) is 53.8 Å². The third kappa shape index (κ3) is 3.49. The second-order valence-electron chi connectivity index (χ2n) is 7.72. The molecule has 3 aromatic heterocycles. The molecule has 0 bridgehead atoms. The summed E-state index contributed by atoms with van der Waals surface area (Å²) in [4.78, 5) is 23.5. The number of likely N-dealkylation sites (tertiary alicyclic amines) is 1. The molecule has 7 nitrogen and oxygen atoms in total. The van der Waals surface area contributed by atoms with Crippen molar-refractivity contribution in [1.29, 1.82) is 0 Å². The fourth-order valence-corrected chi connectivity index (χ4v) is 4.10. The van der Waals surface area contributed by atoms with Crippen molar-refractivity contribution in [3.63, 3.8) is 0 Å². The number of nitrogens with zero attached hydrogens (tertiary/aromatic N) is 6. The van der Waals surface area contributed by atoms with Gasteiger partial charge >= 0.3 is 0 Å². The van der Waals surface area contributed by atoms with E-state index in [4.69, 9.17) is 0 Å². The summed E-state index contributed by atoms with van der Waals surface area (Å²) in [6.45, 7) is 2.50. The van der Waals surface area contributed by atoms with Gasteiger partial charge in [-0.3, -0.25) is 14.7 Å². The van der Waals surface area contributed by atoms with Crippen molar-refractivity contribution >= 4 is 0 Å². The molecule has 7 heteroatoms. The van der Waals surface area contributed by atoms with Gasteiger partial charge in [0.25, 0.3) is 5.56 Å². The zero-order chi connectivity index (χ0) is 18.9. The van der Waals surface area contributed by atoms with Crippen LogP contribution in [0.1, 0.15) is 37.5 Å². The molecular formula is C21H24N6O. The predicted octanol–water partition coefficient (Wildman–Crippen LogP) is 2.50. The lowest BCUT2D eigenvalue weighted by Gasteiger charge is -2.24. The van der Waals surface area contributed by atoms with Crippen LogP contribution in [0.5, 0.6) is 0 Å². The van der Waals surface area contributed by atoms with E-state index in [-0.39, 0.29) is 5.56 Å². The Labute approximate surface area is 163 Å². The van der Waals surface area contributed by atoms with E-state index in [1.54, 1.807) is 29.2 Å². The molecule has 0 radical (unpaired) electrons. The van der Waals surface area contributed by atoms with Crippen LogP contribution in [-0.4, -0.2) is 41.8 Å². The van der Waals surface area contributed by atoms with Gasteiger partial charge in [0.15, 0.2) is 0 Å². The number of hydrogen-bond donors (Lipinski definition) is 0. The standard InChI is InChI=1S/C21H24N6O/c28-21-6-5-19(16-7-9-22-10-8-16)24-27(21)14-18-2-1-12-25(18)15-20-23-11-13-26(20)17-3-4-17/h5-11,13,17-18H,1-4,12,14-15H2. The molecule has 1 aliphatic carbocycles. The molecule has 1 unspecified atom stereocenters. The van der Waals surface area contributed by atoms with Crippen LogP contribution in [-0.2, 0) is 13.1 Å². The van der Waals surface area contributed by atoms with E-state index in [2.05, 4.69) is 30.7 Å². The topological polar surface area (TPSA) is 68.8 Å². The van der Waals surface area contributed by atoms with Crippen molar-refractivity contribution in [2.24, 2.45) is 0 Å². The monoisotopic (exact) mass is 376 g/mol. The van der Waals surface area contributed by atoms with Crippen LogP contribution in [0.3, 0.4) is 0 Å². The molecule has 1 aliphatic heterocycles. The van der Waals surface area contributed by atoms with E-state index >= 15 is 0 Å². The predicted molar refractivity (Wildman–Crippen MR) is 106 cm³/mol. The highest BCUT2D eigenvalue weighted by Crippen LogP contribution is 2.36. The maximum Gasteiger partial charge on any atom is 0.266 e. The van der Waals surface area contributed by atoms with Gasteiger partial charge in [-0.05, 0) is 50.4 Å². The molecule has 144 valence electrons. The van der Waals surface area contributed by atoms with Crippen LogP contribution >= 0.6 is 0 Å². The van der Waals surface area contributed by atoms with Crippen LogP contribution in [0.2, 0.25) is 0 Å². The molecule has 0 aromatic carbocycles. The Morgan fingerprint density at radius 1 is 1.04 bits per heavy atom. The van der Waals surface area contributed by atoms with Crippen molar-refractivity contribution in [3.8, 4) is 11.3 Å². The highest BCUT2D eigenvalue weighted by atomic mass is 16.1. The van der Waals surface area contributed by atoms with Crippen molar-refractivity contribution in [2.75, 3.05) is 6.54 Å². The van der Waals surface area contributed by atoms with Gasteiger partial charge in [-0.15, -0.1) is 0 Å². The average molecular weight is 376 g/mol. The summed E-state index contributed by atoms with van der Waals surface area (Å²) in [6.07, 6.45) is 12.2. The Balaban J connectivity index is 1.35. The van der Waals surface area contributed by atoms with E-state index in [0.717, 1.165) is 43.0 Å². The first kappa shape index (κ1) is 17.3. The summed E-state index contributed by atoms with van der Waals surface area (Å²) >= 11 is 0. The lowest BCUT2D eigenvalue weighted by Crippen LogP contribution is -2.37. The minimum atomic E-state index is -0.0517. The molecule has 1 atom stereocenters. The Kier molecular flexibility index (Phi) is 4.52. The molecule has 5 rings (SSSR count). The molecule has 3 aromatic rings. The van der Waals surface area contributed by atoms with Crippen molar-refractivity contribution in [2.45, 2.75) is 50.9 Å². The second kappa shape index (κ2) is 7.31. The Hall–Kier alpha value is -2.80. The molecule has 0 amide bonds. The summed E-state index contributed by atoms with van der Waals surface area (Å²) in [5, 5.41) is 4.62. The molecular weight excluding hydrogens is 352 g/mol. The summed E-state index contributed by atoms with van der Waals surface area (Å²) in [5.41, 5.74) is 1.72. The maximum atomic E-state index is 12.4. The van der Waals surface area contributed by atoms with Crippen LogP contribution < -0.4 is 5.56 Å². The fraction of sp³-hybridized carbons (Fsp3) is 0.429. The normalized spacial score (nSPS) is 19.9. The third-order valence-corrected chi connectivity index (χ3v) is 5.76. The first-order valence-corrected chi connectivity index (χ1v) is 10.0. The number of hydrogen-bond acceptors (Lipinski definition) is 5. The quantitative estimate of drug-likeness (QED) is 0.661. The van der Waals surface area contributed by atoms with E-state index in [0.29, 0.717) is 18.6 Å². The lowest BCUT2D eigenvalue weighted by atomic mass is 10.2. The minimum Gasteiger partial charge on any atom is -0.331 e. The summed E-state index contributed by atoms with van der Waals surface area (Å²) in [5.74, 6) is 1.14. The summed E-state index contributed by atoms with van der Waals surface area (Å²) in [6, 6.07) is 8.17. The molecule has 1 saturated heterocycles. The zero-order valence-corrected chi connectivity index (χ0v) is 15.8. The molecule has 0 N–H and O–H groups in total.